The van der Waals surface area contributed by atoms with Gasteiger partial charge in [-0.3, -0.25) is 4.79 Å². The number of carbonyl (C=O) groups is 1. The molecule has 0 fully saturated rings. The average Bonchev–Trinajstić information content (AvgIpc) is 2.24. The van der Waals surface area contributed by atoms with Gasteiger partial charge in [-0.25, -0.2) is 4.39 Å². The van der Waals surface area contributed by atoms with Crippen molar-refractivity contribution in [2.45, 2.75) is 26.9 Å². The van der Waals surface area contributed by atoms with E-state index in [-0.39, 0.29) is 18.0 Å². The van der Waals surface area contributed by atoms with Crippen LogP contribution in [-0.2, 0) is 0 Å². The maximum absolute atomic E-state index is 13.0. The number of aryl methyl sites for hydroxylation is 1. The molecule has 0 saturated carbocycles. The predicted molar refractivity (Wildman–Crippen MR) is 67.9 cm³/mol. The Morgan fingerprint density at radius 2 is 1.90 bits per heavy atom. The van der Waals surface area contributed by atoms with Gasteiger partial charge in [0.2, 0.25) is 0 Å². The van der Waals surface area contributed by atoms with Gasteiger partial charge in [0.1, 0.15) is 12.4 Å². The molecule has 0 aliphatic rings. The Morgan fingerprint density at radius 1 is 1.30 bits per heavy atom. The van der Waals surface area contributed by atoms with E-state index in [1.807, 2.05) is 0 Å². The van der Waals surface area contributed by atoms with Crippen molar-refractivity contribution in [1.82, 2.24) is 4.90 Å². The molecule has 1 aromatic carbocycles. The van der Waals surface area contributed by atoms with E-state index in [1.165, 1.54) is 13.0 Å². The first-order chi connectivity index (χ1) is 9.10. The standard InChI is InChI=1S/C14H17F4NO/c1-9(2)7-19(8-14(16,17)18)13(20)12-5-4-11(15)6-10(12)3/h4-6,9H,7-8H2,1-3H3. The summed E-state index contributed by atoms with van der Waals surface area (Å²) in [5.74, 6) is -1.35. The summed E-state index contributed by atoms with van der Waals surface area (Å²) in [6.45, 7) is 3.65. The SMILES string of the molecule is Cc1cc(F)ccc1C(=O)N(CC(C)C)CC(F)(F)F. The second-order valence-corrected chi connectivity index (χ2v) is 5.15. The largest absolute Gasteiger partial charge is 0.406 e. The van der Waals surface area contributed by atoms with Crippen molar-refractivity contribution in [2.75, 3.05) is 13.1 Å². The van der Waals surface area contributed by atoms with E-state index >= 15 is 0 Å². The van der Waals surface area contributed by atoms with Crippen LogP contribution in [0.5, 0.6) is 0 Å². The Hall–Kier alpha value is -1.59. The minimum atomic E-state index is -4.46. The lowest BCUT2D eigenvalue weighted by molar-refractivity contribution is -0.141. The van der Waals surface area contributed by atoms with E-state index in [1.54, 1.807) is 13.8 Å². The highest BCUT2D eigenvalue weighted by Crippen LogP contribution is 2.20. The van der Waals surface area contributed by atoms with Crippen LogP contribution in [0.1, 0.15) is 29.8 Å². The summed E-state index contributed by atoms with van der Waals surface area (Å²) in [5, 5.41) is 0. The van der Waals surface area contributed by atoms with Crippen LogP contribution >= 0.6 is 0 Å². The Labute approximate surface area is 115 Å². The first-order valence-electron chi connectivity index (χ1n) is 6.22. The number of hydrogen-bond acceptors (Lipinski definition) is 1. The predicted octanol–water partition coefficient (Wildman–Crippen LogP) is 3.79. The van der Waals surface area contributed by atoms with Crippen LogP contribution < -0.4 is 0 Å². The second kappa shape index (κ2) is 6.24. The van der Waals surface area contributed by atoms with Gasteiger partial charge in [-0.2, -0.15) is 13.2 Å². The molecule has 6 heteroatoms. The van der Waals surface area contributed by atoms with E-state index in [0.29, 0.717) is 5.56 Å². The fourth-order valence-corrected chi connectivity index (χ4v) is 1.91. The number of rotatable bonds is 4. The van der Waals surface area contributed by atoms with Crippen LogP contribution in [0, 0.1) is 18.7 Å². The number of halogens is 4. The van der Waals surface area contributed by atoms with E-state index in [4.69, 9.17) is 0 Å². The molecule has 0 atom stereocenters. The van der Waals surface area contributed by atoms with Crippen molar-refractivity contribution in [2.24, 2.45) is 5.92 Å². The summed E-state index contributed by atoms with van der Waals surface area (Å²) in [4.78, 5) is 12.9. The summed E-state index contributed by atoms with van der Waals surface area (Å²) in [5.41, 5.74) is 0.419. The molecule has 0 saturated heterocycles. The topological polar surface area (TPSA) is 20.3 Å². The second-order valence-electron chi connectivity index (χ2n) is 5.15. The fraction of sp³-hybridized carbons (Fsp3) is 0.500. The number of hydrogen-bond donors (Lipinski definition) is 0. The monoisotopic (exact) mass is 291 g/mol. The molecule has 0 unspecified atom stereocenters. The van der Waals surface area contributed by atoms with Gasteiger partial charge in [0.15, 0.2) is 0 Å². The molecule has 0 N–H and O–H groups in total. The smallest absolute Gasteiger partial charge is 0.329 e. The molecule has 0 aliphatic heterocycles. The Kier molecular flexibility index (Phi) is 5.14. The Morgan fingerprint density at radius 3 is 2.35 bits per heavy atom. The zero-order chi connectivity index (χ0) is 15.5. The molecule has 0 spiro atoms. The number of amides is 1. The van der Waals surface area contributed by atoms with Crippen molar-refractivity contribution in [3.05, 3.63) is 35.1 Å². The Balaban J connectivity index is 3.03. The van der Waals surface area contributed by atoms with Crippen molar-refractivity contribution in [1.29, 1.82) is 0 Å². The molecular weight excluding hydrogens is 274 g/mol. The highest BCUT2D eigenvalue weighted by Gasteiger charge is 2.33. The molecule has 1 amide bonds. The molecule has 0 bridgehead atoms. The van der Waals surface area contributed by atoms with Gasteiger partial charge in [0.25, 0.3) is 5.91 Å². The molecule has 0 heterocycles. The van der Waals surface area contributed by atoms with Crippen LogP contribution in [0.15, 0.2) is 18.2 Å². The Bertz CT molecular complexity index is 483. The lowest BCUT2D eigenvalue weighted by Gasteiger charge is -2.26. The molecule has 1 aromatic rings. The maximum atomic E-state index is 13.0. The average molecular weight is 291 g/mol. The van der Waals surface area contributed by atoms with Crippen molar-refractivity contribution < 1.29 is 22.4 Å². The molecular formula is C14H17F4NO. The zero-order valence-corrected chi connectivity index (χ0v) is 11.6. The third kappa shape index (κ3) is 4.83. The first-order valence-corrected chi connectivity index (χ1v) is 6.22. The van der Waals surface area contributed by atoms with Crippen molar-refractivity contribution in [3.8, 4) is 0 Å². The fourth-order valence-electron chi connectivity index (χ4n) is 1.91. The molecule has 112 valence electrons. The van der Waals surface area contributed by atoms with E-state index < -0.39 is 24.4 Å². The van der Waals surface area contributed by atoms with E-state index in [9.17, 15) is 22.4 Å². The molecule has 0 aromatic heterocycles. The normalized spacial score (nSPS) is 11.8. The van der Waals surface area contributed by atoms with Gasteiger partial charge in [-0.15, -0.1) is 0 Å². The van der Waals surface area contributed by atoms with Crippen molar-refractivity contribution >= 4 is 5.91 Å². The van der Waals surface area contributed by atoms with Crippen LogP contribution in [0.25, 0.3) is 0 Å². The number of benzene rings is 1. The molecule has 1 rings (SSSR count). The van der Waals surface area contributed by atoms with Crippen LogP contribution in [0.3, 0.4) is 0 Å². The lowest BCUT2D eigenvalue weighted by Crippen LogP contribution is -2.41. The van der Waals surface area contributed by atoms with Gasteiger partial charge >= 0.3 is 6.18 Å². The number of alkyl halides is 3. The highest BCUT2D eigenvalue weighted by atomic mass is 19.4. The molecule has 20 heavy (non-hydrogen) atoms. The minimum absolute atomic E-state index is 0.00480. The maximum Gasteiger partial charge on any atom is 0.406 e. The number of nitrogens with zero attached hydrogens (tertiary/aromatic N) is 1. The van der Waals surface area contributed by atoms with E-state index in [2.05, 4.69) is 0 Å². The van der Waals surface area contributed by atoms with E-state index in [0.717, 1.165) is 17.0 Å². The lowest BCUT2D eigenvalue weighted by atomic mass is 10.1. The summed E-state index contributed by atoms with van der Waals surface area (Å²) in [6, 6.07) is 3.42. The van der Waals surface area contributed by atoms with Gasteiger partial charge in [0.05, 0.1) is 0 Å². The van der Waals surface area contributed by atoms with Gasteiger partial charge in [0, 0.05) is 12.1 Å². The third-order valence-corrected chi connectivity index (χ3v) is 2.66. The van der Waals surface area contributed by atoms with Crippen LogP contribution in [0.2, 0.25) is 0 Å². The molecule has 0 radical (unpaired) electrons. The van der Waals surface area contributed by atoms with Crippen LogP contribution in [0.4, 0.5) is 17.6 Å². The summed E-state index contributed by atoms with van der Waals surface area (Å²) >= 11 is 0. The summed E-state index contributed by atoms with van der Waals surface area (Å²) < 4.78 is 50.6. The molecule has 2 nitrogen and oxygen atoms in total. The van der Waals surface area contributed by atoms with Crippen molar-refractivity contribution in [3.63, 3.8) is 0 Å². The summed E-state index contributed by atoms with van der Waals surface area (Å²) in [6.07, 6.45) is -4.46. The first kappa shape index (κ1) is 16.5. The summed E-state index contributed by atoms with van der Waals surface area (Å²) in [7, 11) is 0. The van der Waals surface area contributed by atoms with Gasteiger partial charge in [-0.1, -0.05) is 13.8 Å². The number of carbonyl (C=O) groups excluding carboxylic acids is 1. The minimum Gasteiger partial charge on any atom is -0.329 e. The quantitative estimate of drug-likeness (QED) is 0.773. The van der Waals surface area contributed by atoms with Gasteiger partial charge in [-0.05, 0) is 36.6 Å². The highest BCUT2D eigenvalue weighted by molar-refractivity contribution is 5.95. The van der Waals surface area contributed by atoms with Crippen LogP contribution in [-0.4, -0.2) is 30.1 Å². The third-order valence-electron chi connectivity index (χ3n) is 2.66. The molecule has 0 aliphatic carbocycles. The zero-order valence-electron chi connectivity index (χ0n) is 11.6. The van der Waals surface area contributed by atoms with Gasteiger partial charge < -0.3 is 4.90 Å².